The number of hydrogen-bond acceptors (Lipinski definition) is 4. The summed E-state index contributed by atoms with van der Waals surface area (Å²) >= 11 is 0. The van der Waals surface area contributed by atoms with Crippen molar-refractivity contribution in [2.45, 2.75) is 0 Å². The van der Waals surface area contributed by atoms with E-state index in [1.165, 1.54) is 0 Å². The van der Waals surface area contributed by atoms with Crippen molar-refractivity contribution in [2.75, 3.05) is 4.90 Å². The molecule has 0 atom stereocenters. The third-order valence-electron chi connectivity index (χ3n) is 9.06. The van der Waals surface area contributed by atoms with E-state index in [0.29, 0.717) is 0 Å². The average Bonchev–Trinajstić information content (AvgIpc) is 3.18. The highest BCUT2D eigenvalue weighted by Crippen LogP contribution is 2.37. The van der Waals surface area contributed by atoms with Crippen molar-refractivity contribution in [3.8, 4) is 33.8 Å². The van der Waals surface area contributed by atoms with E-state index in [2.05, 4.69) is 150 Å². The Morgan fingerprint density at radius 3 is 0.857 bits per heavy atom. The van der Waals surface area contributed by atoms with E-state index in [9.17, 15) is 0 Å². The molecule has 0 amide bonds. The van der Waals surface area contributed by atoms with Gasteiger partial charge in [0, 0.05) is 49.9 Å². The smallest absolute Gasteiger partial charge is 0.0709 e. The Morgan fingerprint density at radius 2 is 0.551 bits per heavy atom. The molecular formula is C45H30N4. The Kier molecular flexibility index (Phi) is 7.10. The summed E-state index contributed by atoms with van der Waals surface area (Å²) in [5, 5.41) is 3.41. The highest BCUT2D eigenvalue weighted by atomic mass is 15.1. The zero-order valence-electron chi connectivity index (χ0n) is 26.6. The van der Waals surface area contributed by atoms with Gasteiger partial charge < -0.3 is 4.90 Å². The molecule has 0 saturated carbocycles. The van der Waals surface area contributed by atoms with Gasteiger partial charge in [-0.1, -0.05) is 109 Å². The van der Waals surface area contributed by atoms with Crippen LogP contribution in [0.3, 0.4) is 0 Å². The van der Waals surface area contributed by atoms with Crippen LogP contribution in [0.25, 0.3) is 66.5 Å². The summed E-state index contributed by atoms with van der Waals surface area (Å²) in [6.45, 7) is 0. The van der Waals surface area contributed by atoms with E-state index in [-0.39, 0.29) is 0 Å². The van der Waals surface area contributed by atoms with Crippen LogP contribution in [0.4, 0.5) is 17.1 Å². The molecule has 0 aliphatic rings. The van der Waals surface area contributed by atoms with Gasteiger partial charge in [-0.15, -0.1) is 0 Å². The molecule has 49 heavy (non-hydrogen) atoms. The van der Waals surface area contributed by atoms with Crippen LogP contribution in [0.5, 0.6) is 0 Å². The van der Waals surface area contributed by atoms with Crippen molar-refractivity contribution in [1.82, 2.24) is 15.0 Å². The second kappa shape index (κ2) is 12.2. The lowest BCUT2D eigenvalue weighted by Gasteiger charge is -2.26. The van der Waals surface area contributed by atoms with Gasteiger partial charge in [0.15, 0.2) is 0 Å². The maximum absolute atomic E-state index is 4.93. The van der Waals surface area contributed by atoms with Crippen molar-refractivity contribution in [1.29, 1.82) is 0 Å². The number of hydrogen-bond donors (Lipinski definition) is 0. The molecule has 0 bridgehead atoms. The van der Waals surface area contributed by atoms with Crippen LogP contribution in [-0.2, 0) is 0 Å². The predicted octanol–water partition coefficient (Wildman–Crippen LogP) is 11.8. The number of pyridine rings is 3. The van der Waals surface area contributed by atoms with Crippen LogP contribution < -0.4 is 4.90 Å². The molecule has 0 saturated heterocycles. The quantitative estimate of drug-likeness (QED) is 0.184. The first-order valence-corrected chi connectivity index (χ1v) is 16.4. The van der Waals surface area contributed by atoms with Crippen molar-refractivity contribution in [3.05, 3.63) is 182 Å². The Morgan fingerprint density at radius 1 is 0.265 bits per heavy atom. The highest BCUT2D eigenvalue weighted by molar-refractivity contribution is 5.85. The molecule has 4 heteroatoms. The summed E-state index contributed by atoms with van der Waals surface area (Å²) in [6.07, 6.45) is 0. The first-order chi connectivity index (χ1) is 24.2. The zero-order chi connectivity index (χ0) is 32.6. The largest absolute Gasteiger partial charge is 0.311 e. The van der Waals surface area contributed by atoms with E-state index < -0.39 is 0 Å². The van der Waals surface area contributed by atoms with E-state index in [4.69, 9.17) is 15.0 Å². The van der Waals surface area contributed by atoms with Gasteiger partial charge in [-0.05, 0) is 72.8 Å². The van der Waals surface area contributed by atoms with Crippen LogP contribution in [0.1, 0.15) is 0 Å². The maximum Gasteiger partial charge on any atom is 0.0709 e. The lowest BCUT2D eigenvalue weighted by Crippen LogP contribution is -2.09. The van der Waals surface area contributed by atoms with Gasteiger partial charge >= 0.3 is 0 Å². The normalized spacial score (nSPS) is 11.3. The summed E-state index contributed by atoms with van der Waals surface area (Å²) in [5.74, 6) is 0. The molecule has 4 nitrogen and oxygen atoms in total. The molecule has 0 fully saturated rings. The molecule has 3 heterocycles. The molecule has 9 rings (SSSR count). The third-order valence-corrected chi connectivity index (χ3v) is 9.06. The van der Waals surface area contributed by atoms with E-state index in [1.807, 2.05) is 36.4 Å². The minimum absolute atomic E-state index is 0.955. The molecule has 0 unspecified atom stereocenters. The van der Waals surface area contributed by atoms with Gasteiger partial charge in [-0.25, -0.2) is 15.0 Å². The first-order valence-electron chi connectivity index (χ1n) is 16.4. The van der Waals surface area contributed by atoms with Crippen LogP contribution in [-0.4, -0.2) is 15.0 Å². The van der Waals surface area contributed by atoms with Crippen LogP contribution in [0, 0.1) is 0 Å². The molecule has 0 aliphatic heterocycles. The van der Waals surface area contributed by atoms with Gasteiger partial charge in [0.05, 0.1) is 33.6 Å². The van der Waals surface area contributed by atoms with Crippen LogP contribution >= 0.6 is 0 Å². The standard InChI is InChI=1S/C45H30N4/c1-4-10-40-31(7-1)19-28-43(46-40)34-13-22-37(23-14-34)49(38-24-15-35(16-25-38)44-29-20-32-8-2-5-11-41(32)47-44)39-26-17-36(18-27-39)45-30-21-33-9-3-6-12-42(33)48-45/h1-30H. The summed E-state index contributed by atoms with van der Waals surface area (Å²) in [5.41, 5.74) is 12.2. The topological polar surface area (TPSA) is 41.9 Å². The van der Waals surface area contributed by atoms with Gasteiger partial charge in [0.2, 0.25) is 0 Å². The van der Waals surface area contributed by atoms with Gasteiger partial charge in [0.25, 0.3) is 0 Å². The van der Waals surface area contributed by atoms with Crippen LogP contribution in [0.15, 0.2) is 182 Å². The summed E-state index contributed by atoms with van der Waals surface area (Å²) < 4.78 is 0. The number of anilines is 3. The zero-order valence-corrected chi connectivity index (χ0v) is 26.6. The number of rotatable bonds is 6. The molecule has 230 valence electrons. The molecule has 0 radical (unpaired) electrons. The fraction of sp³-hybridized carbons (Fsp3) is 0. The van der Waals surface area contributed by atoms with Gasteiger partial charge in [0.1, 0.15) is 0 Å². The monoisotopic (exact) mass is 626 g/mol. The molecule has 6 aromatic carbocycles. The third kappa shape index (κ3) is 5.56. The Labute approximate surface area is 284 Å². The molecular weight excluding hydrogens is 597 g/mol. The van der Waals surface area contributed by atoms with Crippen molar-refractivity contribution >= 4 is 49.8 Å². The minimum Gasteiger partial charge on any atom is -0.311 e. The van der Waals surface area contributed by atoms with Crippen molar-refractivity contribution in [3.63, 3.8) is 0 Å². The Balaban J connectivity index is 1.09. The first kappa shape index (κ1) is 28.6. The Hall–Kier alpha value is -6.65. The summed E-state index contributed by atoms with van der Waals surface area (Å²) in [7, 11) is 0. The predicted molar refractivity (Wildman–Crippen MR) is 203 cm³/mol. The maximum atomic E-state index is 4.93. The van der Waals surface area contributed by atoms with E-state index in [0.717, 1.165) is 83.5 Å². The lowest BCUT2D eigenvalue weighted by molar-refractivity contribution is 1.28. The second-order valence-electron chi connectivity index (χ2n) is 12.1. The lowest BCUT2D eigenvalue weighted by atomic mass is 10.1. The Bertz CT molecular complexity index is 2300. The molecule has 0 spiro atoms. The second-order valence-corrected chi connectivity index (χ2v) is 12.1. The van der Waals surface area contributed by atoms with Gasteiger partial charge in [-0.3, -0.25) is 0 Å². The number of nitrogens with zero attached hydrogens (tertiary/aromatic N) is 4. The number of para-hydroxylation sites is 3. The molecule has 0 aliphatic carbocycles. The van der Waals surface area contributed by atoms with E-state index >= 15 is 0 Å². The van der Waals surface area contributed by atoms with Gasteiger partial charge in [-0.2, -0.15) is 0 Å². The van der Waals surface area contributed by atoms with E-state index in [1.54, 1.807) is 0 Å². The van der Waals surface area contributed by atoms with Crippen molar-refractivity contribution < 1.29 is 0 Å². The molecule has 3 aromatic heterocycles. The van der Waals surface area contributed by atoms with Crippen molar-refractivity contribution in [2.24, 2.45) is 0 Å². The average molecular weight is 627 g/mol. The number of fused-ring (bicyclic) bond motifs is 3. The number of aromatic nitrogens is 3. The number of benzene rings is 6. The fourth-order valence-electron chi connectivity index (χ4n) is 6.47. The SMILES string of the molecule is c1ccc2nc(-c3ccc(N(c4ccc(-c5ccc6ccccc6n5)cc4)c4ccc(-c5ccc6ccccc6n5)cc4)cc3)ccc2c1. The van der Waals surface area contributed by atoms with Crippen LogP contribution in [0.2, 0.25) is 0 Å². The fourth-order valence-corrected chi connectivity index (χ4v) is 6.47. The summed E-state index contributed by atoms with van der Waals surface area (Å²) in [6, 6.07) is 63.3. The molecule has 9 aromatic rings. The summed E-state index contributed by atoms with van der Waals surface area (Å²) in [4.78, 5) is 17.1. The highest BCUT2D eigenvalue weighted by Gasteiger charge is 2.15. The minimum atomic E-state index is 0.955. The molecule has 0 N–H and O–H groups in total.